The number of aromatic nitrogens is 3. The van der Waals surface area contributed by atoms with Crippen LogP contribution in [0, 0.1) is 6.92 Å². The van der Waals surface area contributed by atoms with Crippen molar-refractivity contribution in [2.45, 2.75) is 50.3 Å². The minimum atomic E-state index is -3.57. The Morgan fingerprint density at radius 1 is 0.951 bits per heavy atom. The number of anilines is 1. The van der Waals surface area contributed by atoms with Gasteiger partial charge >= 0.3 is 0 Å². The fourth-order valence-corrected chi connectivity index (χ4v) is 5.83. The van der Waals surface area contributed by atoms with E-state index in [1.165, 1.54) is 0 Å². The summed E-state index contributed by atoms with van der Waals surface area (Å²) in [6.45, 7) is 8.03. The molecule has 0 unspecified atom stereocenters. The maximum Gasteiger partial charge on any atom is 0.228 e. The van der Waals surface area contributed by atoms with Gasteiger partial charge in [-0.1, -0.05) is 42.5 Å². The number of carbonyl (C=O) groups is 1. The van der Waals surface area contributed by atoms with Gasteiger partial charge in [0.25, 0.3) is 0 Å². The molecule has 3 aromatic carbocycles. The molecule has 41 heavy (non-hydrogen) atoms. The third kappa shape index (κ3) is 6.63. The fraction of sp³-hybridized carbons (Fsp3) is 0.219. The van der Waals surface area contributed by atoms with E-state index in [0.29, 0.717) is 28.1 Å². The average molecular weight is 569 g/mol. The number of ether oxygens (including phenoxy) is 1. The molecule has 210 valence electrons. The normalized spacial score (nSPS) is 11.9. The van der Waals surface area contributed by atoms with Gasteiger partial charge in [0.1, 0.15) is 11.5 Å². The van der Waals surface area contributed by atoms with E-state index in [1.807, 2.05) is 75.0 Å². The summed E-state index contributed by atoms with van der Waals surface area (Å²) in [5.74, 6) is 0.862. The molecule has 2 heterocycles. The first kappa shape index (κ1) is 28.0. The summed E-state index contributed by atoms with van der Waals surface area (Å²) in [5, 5.41) is 7.82. The first-order valence-electron chi connectivity index (χ1n) is 13.3. The molecule has 1 N–H and O–H groups in total. The van der Waals surface area contributed by atoms with Crippen molar-refractivity contribution in [3.63, 3.8) is 0 Å². The monoisotopic (exact) mass is 568 g/mol. The van der Waals surface area contributed by atoms with Crippen molar-refractivity contribution in [2.24, 2.45) is 0 Å². The number of aryl methyl sites for hydroxylation is 1. The molecule has 0 radical (unpaired) electrons. The van der Waals surface area contributed by atoms with Crippen LogP contribution in [0.1, 0.15) is 37.5 Å². The van der Waals surface area contributed by atoms with Crippen LogP contribution in [0.3, 0.4) is 0 Å². The summed E-state index contributed by atoms with van der Waals surface area (Å²) < 4.78 is 34.4. The molecule has 5 rings (SSSR count). The second-order valence-corrected chi connectivity index (χ2v) is 13.0. The van der Waals surface area contributed by atoms with Gasteiger partial charge in [0, 0.05) is 17.8 Å². The smallest absolute Gasteiger partial charge is 0.228 e. The molecular weight excluding hydrogens is 536 g/mol. The number of benzene rings is 3. The van der Waals surface area contributed by atoms with Crippen LogP contribution < -0.4 is 10.1 Å². The van der Waals surface area contributed by atoms with Crippen molar-refractivity contribution in [1.29, 1.82) is 0 Å². The van der Waals surface area contributed by atoms with Crippen LogP contribution in [0.25, 0.3) is 10.9 Å². The van der Waals surface area contributed by atoms with Crippen molar-refractivity contribution in [3.05, 3.63) is 108 Å². The largest absolute Gasteiger partial charge is 0.456 e. The minimum absolute atomic E-state index is 0.0944. The standard InChI is InChI=1S/C32H32N4O4S/c1-22-16-24(17-31(37)35-25-19-34-36(20-25)32(2,3)4)10-13-29(22)40-30-14-15-33-28-12-11-26(18-27(28)30)41(38,39)21-23-8-6-5-7-9-23/h5-16,18-20H,17,21H2,1-4H3,(H,35,37). The van der Waals surface area contributed by atoms with E-state index in [9.17, 15) is 13.2 Å². The van der Waals surface area contributed by atoms with Crippen molar-refractivity contribution in [1.82, 2.24) is 14.8 Å². The third-order valence-electron chi connectivity index (χ3n) is 6.61. The van der Waals surface area contributed by atoms with Gasteiger partial charge in [0.05, 0.1) is 40.0 Å². The lowest BCUT2D eigenvalue weighted by Crippen LogP contribution is -2.22. The van der Waals surface area contributed by atoms with Gasteiger partial charge in [-0.05, 0) is 74.7 Å². The SMILES string of the molecule is Cc1cc(CC(=O)Nc2cnn(C(C)(C)C)c2)ccc1Oc1ccnc2ccc(S(=O)(=O)Cc3ccccc3)cc12. The Hall–Kier alpha value is -4.50. The number of rotatable bonds is 8. The van der Waals surface area contributed by atoms with E-state index < -0.39 is 9.84 Å². The molecular formula is C32H32N4O4S. The first-order valence-corrected chi connectivity index (χ1v) is 14.9. The molecule has 0 aliphatic heterocycles. The fourth-order valence-electron chi connectivity index (χ4n) is 4.46. The Labute approximate surface area is 239 Å². The summed E-state index contributed by atoms with van der Waals surface area (Å²) in [6.07, 6.45) is 5.29. The van der Waals surface area contributed by atoms with Gasteiger partial charge in [0.15, 0.2) is 9.84 Å². The molecule has 2 aromatic heterocycles. The number of nitrogens with zero attached hydrogens (tertiary/aromatic N) is 3. The lowest BCUT2D eigenvalue weighted by Gasteiger charge is -2.18. The van der Waals surface area contributed by atoms with Crippen LogP contribution in [0.15, 0.2) is 96.3 Å². The zero-order valence-electron chi connectivity index (χ0n) is 23.5. The van der Waals surface area contributed by atoms with Crippen molar-refractivity contribution in [3.8, 4) is 11.5 Å². The number of pyridine rings is 1. The molecule has 0 aliphatic carbocycles. The molecule has 0 bridgehead atoms. The highest BCUT2D eigenvalue weighted by molar-refractivity contribution is 7.90. The van der Waals surface area contributed by atoms with E-state index in [2.05, 4.69) is 15.4 Å². The average Bonchev–Trinajstić information content (AvgIpc) is 3.39. The quantitative estimate of drug-likeness (QED) is 0.231. The Morgan fingerprint density at radius 3 is 2.44 bits per heavy atom. The number of hydrogen-bond acceptors (Lipinski definition) is 6. The van der Waals surface area contributed by atoms with Crippen LogP contribution in [0.5, 0.6) is 11.5 Å². The van der Waals surface area contributed by atoms with E-state index in [1.54, 1.807) is 48.8 Å². The maximum absolute atomic E-state index is 13.2. The molecule has 9 heteroatoms. The van der Waals surface area contributed by atoms with Crippen molar-refractivity contribution in [2.75, 3.05) is 5.32 Å². The predicted molar refractivity (Wildman–Crippen MR) is 160 cm³/mol. The van der Waals surface area contributed by atoms with Crippen LogP contribution in [0.2, 0.25) is 0 Å². The van der Waals surface area contributed by atoms with Crippen molar-refractivity contribution < 1.29 is 17.9 Å². The molecule has 1 amide bonds. The molecule has 0 saturated carbocycles. The molecule has 0 saturated heterocycles. The van der Waals surface area contributed by atoms with Gasteiger partial charge in [-0.25, -0.2) is 8.42 Å². The zero-order valence-corrected chi connectivity index (χ0v) is 24.3. The lowest BCUT2D eigenvalue weighted by molar-refractivity contribution is -0.115. The van der Waals surface area contributed by atoms with Gasteiger partial charge in [-0.3, -0.25) is 14.5 Å². The first-order chi connectivity index (χ1) is 19.5. The highest BCUT2D eigenvalue weighted by Crippen LogP contribution is 2.33. The second-order valence-electron chi connectivity index (χ2n) is 11.0. The Kier molecular flexibility index (Phi) is 7.64. The molecule has 5 aromatic rings. The van der Waals surface area contributed by atoms with E-state index in [-0.39, 0.29) is 28.5 Å². The summed E-state index contributed by atoms with van der Waals surface area (Å²) >= 11 is 0. The van der Waals surface area contributed by atoms with E-state index >= 15 is 0 Å². The maximum atomic E-state index is 13.2. The third-order valence-corrected chi connectivity index (χ3v) is 8.29. The number of fused-ring (bicyclic) bond motifs is 1. The zero-order chi connectivity index (χ0) is 29.2. The number of carbonyl (C=O) groups excluding carboxylic acids is 1. The Morgan fingerprint density at radius 2 is 1.73 bits per heavy atom. The molecule has 0 fully saturated rings. The number of hydrogen-bond donors (Lipinski definition) is 1. The van der Waals surface area contributed by atoms with E-state index in [4.69, 9.17) is 4.74 Å². The van der Waals surface area contributed by atoms with Crippen LogP contribution in [-0.4, -0.2) is 29.1 Å². The summed E-state index contributed by atoms with van der Waals surface area (Å²) in [4.78, 5) is 17.3. The number of nitrogens with one attached hydrogen (secondary N) is 1. The highest BCUT2D eigenvalue weighted by Gasteiger charge is 2.18. The molecule has 0 spiro atoms. The topological polar surface area (TPSA) is 103 Å². The minimum Gasteiger partial charge on any atom is -0.456 e. The number of sulfone groups is 1. The molecule has 0 aliphatic rings. The molecule has 0 atom stereocenters. The lowest BCUT2D eigenvalue weighted by atomic mass is 10.1. The van der Waals surface area contributed by atoms with Gasteiger partial charge in [0.2, 0.25) is 5.91 Å². The molecule has 8 nitrogen and oxygen atoms in total. The Bertz CT molecular complexity index is 1820. The number of amides is 1. The van der Waals surface area contributed by atoms with Crippen LogP contribution in [-0.2, 0) is 32.3 Å². The summed E-state index contributed by atoms with van der Waals surface area (Å²) in [7, 11) is -3.57. The van der Waals surface area contributed by atoms with Crippen LogP contribution in [0.4, 0.5) is 5.69 Å². The van der Waals surface area contributed by atoms with Gasteiger partial charge in [-0.2, -0.15) is 5.10 Å². The predicted octanol–water partition coefficient (Wildman–Crippen LogP) is 6.44. The summed E-state index contributed by atoms with van der Waals surface area (Å²) in [6, 6.07) is 21.3. The van der Waals surface area contributed by atoms with E-state index in [0.717, 1.165) is 16.7 Å². The van der Waals surface area contributed by atoms with Gasteiger partial charge in [-0.15, -0.1) is 0 Å². The van der Waals surface area contributed by atoms with Gasteiger partial charge < -0.3 is 10.1 Å². The highest BCUT2D eigenvalue weighted by atomic mass is 32.2. The second kappa shape index (κ2) is 11.2. The Balaban J connectivity index is 1.32. The van der Waals surface area contributed by atoms with Crippen molar-refractivity contribution >= 4 is 32.3 Å². The van der Waals surface area contributed by atoms with Crippen LogP contribution >= 0.6 is 0 Å². The summed E-state index contributed by atoms with van der Waals surface area (Å²) in [5.41, 5.74) is 3.50.